The van der Waals surface area contributed by atoms with Crippen LogP contribution in [0.3, 0.4) is 0 Å². The first kappa shape index (κ1) is 23.4. The number of rotatable bonds is 5. The highest BCUT2D eigenvalue weighted by Crippen LogP contribution is 2.35. The lowest BCUT2D eigenvalue weighted by Crippen LogP contribution is -2.35. The molecule has 2 aromatic carbocycles. The standard InChI is InChI=1S/C23H18F3N3O4S/c1-14(18-11-12-27-13-19(18)15-5-3-2-4-6-15)20-21(30)29(22(31)28-20)16-7-9-17(10-8-16)34(32,33)23(24,25)26/h2-14,20H,1H3,(H,28,31). The third kappa shape index (κ3) is 4.03. The third-order valence-corrected chi connectivity index (χ3v) is 7.11. The lowest BCUT2D eigenvalue weighted by atomic mass is 9.88. The van der Waals surface area contributed by atoms with Gasteiger partial charge in [-0.1, -0.05) is 37.3 Å². The summed E-state index contributed by atoms with van der Waals surface area (Å²) in [6.45, 7) is 1.77. The minimum Gasteiger partial charge on any atom is -0.325 e. The molecular weight excluding hydrogens is 471 g/mol. The van der Waals surface area contributed by atoms with Crippen LogP contribution in [0, 0.1) is 0 Å². The summed E-state index contributed by atoms with van der Waals surface area (Å²) in [5, 5.41) is 2.62. The molecule has 3 amide bonds. The van der Waals surface area contributed by atoms with Crippen LogP contribution in [-0.4, -0.2) is 36.9 Å². The predicted molar refractivity (Wildman–Crippen MR) is 118 cm³/mol. The van der Waals surface area contributed by atoms with Crippen LogP contribution in [0.25, 0.3) is 11.1 Å². The summed E-state index contributed by atoms with van der Waals surface area (Å²) in [5.74, 6) is -1.08. The number of carbonyl (C=O) groups excluding carboxylic acids is 2. The van der Waals surface area contributed by atoms with Crippen molar-refractivity contribution in [2.75, 3.05) is 4.90 Å². The molecule has 2 heterocycles. The van der Waals surface area contributed by atoms with E-state index >= 15 is 0 Å². The van der Waals surface area contributed by atoms with E-state index in [1.165, 1.54) is 0 Å². The molecule has 1 saturated heterocycles. The number of carbonyl (C=O) groups is 2. The molecule has 11 heteroatoms. The molecule has 0 bridgehead atoms. The summed E-state index contributed by atoms with van der Waals surface area (Å²) in [6.07, 6.45) is 3.25. The topological polar surface area (TPSA) is 96.4 Å². The third-order valence-electron chi connectivity index (χ3n) is 5.61. The van der Waals surface area contributed by atoms with Gasteiger partial charge in [-0.15, -0.1) is 0 Å². The second kappa shape index (κ2) is 8.56. The Morgan fingerprint density at radius 3 is 2.26 bits per heavy atom. The van der Waals surface area contributed by atoms with E-state index in [1.54, 1.807) is 25.4 Å². The van der Waals surface area contributed by atoms with Crippen molar-refractivity contribution in [3.8, 4) is 11.1 Å². The van der Waals surface area contributed by atoms with Gasteiger partial charge in [-0.2, -0.15) is 13.2 Å². The monoisotopic (exact) mass is 489 g/mol. The zero-order valence-corrected chi connectivity index (χ0v) is 18.5. The maximum Gasteiger partial charge on any atom is 0.501 e. The normalized spacial score (nSPS) is 17.5. The zero-order valence-electron chi connectivity index (χ0n) is 17.7. The molecule has 3 aromatic rings. The quantitative estimate of drug-likeness (QED) is 0.540. The van der Waals surface area contributed by atoms with E-state index in [-0.39, 0.29) is 5.69 Å². The number of aromatic nitrogens is 1. The lowest BCUT2D eigenvalue weighted by Gasteiger charge is -2.21. The van der Waals surface area contributed by atoms with E-state index in [9.17, 15) is 31.2 Å². The molecule has 176 valence electrons. The minimum atomic E-state index is -5.55. The molecule has 1 fully saturated rings. The Morgan fingerprint density at radius 2 is 1.65 bits per heavy atom. The average Bonchev–Trinajstić information content (AvgIpc) is 3.12. The highest BCUT2D eigenvalue weighted by atomic mass is 32.2. The Morgan fingerprint density at radius 1 is 1.00 bits per heavy atom. The Labute approximate surface area is 193 Å². The van der Waals surface area contributed by atoms with Gasteiger partial charge in [0.1, 0.15) is 6.04 Å². The Kier molecular flexibility index (Phi) is 5.90. The van der Waals surface area contributed by atoms with Crippen LogP contribution in [0.15, 0.2) is 78.0 Å². The Hall–Kier alpha value is -3.73. The van der Waals surface area contributed by atoms with Crippen LogP contribution in [0.5, 0.6) is 0 Å². The molecule has 0 spiro atoms. The average molecular weight is 489 g/mol. The van der Waals surface area contributed by atoms with Gasteiger partial charge in [-0.05, 0) is 41.5 Å². The molecular formula is C23H18F3N3O4S. The summed E-state index contributed by atoms with van der Waals surface area (Å²) in [6, 6.07) is 12.8. The van der Waals surface area contributed by atoms with Gasteiger partial charge in [0, 0.05) is 23.9 Å². The maximum absolute atomic E-state index is 13.1. The van der Waals surface area contributed by atoms with Gasteiger partial charge in [0.2, 0.25) is 0 Å². The number of nitrogens with one attached hydrogen (secondary N) is 1. The first-order chi connectivity index (χ1) is 16.0. The van der Waals surface area contributed by atoms with Gasteiger partial charge in [-0.3, -0.25) is 9.78 Å². The van der Waals surface area contributed by atoms with E-state index in [2.05, 4.69) is 10.3 Å². The van der Waals surface area contributed by atoms with Crippen LogP contribution in [0.4, 0.5) is 23.7 Å². The molecule has 7 nitrogen and oxygen atoms in total. The van der Waals surface area contributed by atoms with Crippen LogP contribution in [-0.2, 0) is 14.6 Å². The van der Waals surface area contributed by atoms with Crippen LogP contribution < -0.4 is 10.2 Å². The Balaban J connectivity index is 1.62. The fourth-order valence-electron chi connectivity index (χ4n) is 3.83. The van der Waals surface area contributed by atoms with E-state index in [4.69, 9.17) is 0 Å². The van der Waals surface area contributed by atoms with Gasteiger partial charge in [0.15, 0.2) is 0 Å². The molecule has 0 saturated carbocycles. The van der Waals surface area contributed by atoms with Gasteiger partial charge >= 0.3 is 11.5 Å². The van der Waals surface area contributed by atoms with Crippen molar-refractivity contribution < 1.29 is 31.2 Å². The van der Waals surface area contributed by atoms with Crippen molar-refractivity contribution in [3.05, 3.63) is 78.6 Å². The van der Waals surface area contributed by atoms with Crippen molar-refractivity contribution in [2.45, 2.75) is 29.3 Å². The SMILES string of the molecule is CC(c1ccncc1-c1ccccc1)C1NC(=O)N(c2ccc(S(=O)(=O)C(F)(F)F)cc2)C1=O. The van der Waals surface area contributed by atoms with E-state index in [0.717, 1.165) is 33.7 Å². The van der Waals surface area contributed by atoms with Crippen molar-refractivity contribution in [1.82, 2.24) is 10.3 Å². The number of hydrogen-bond acceptors (Lipinski definition) is 5. The number of pyridine rings is 1. The highest BCUT2D eigenvalue weighted by Gasteiger charge is 2.47. The molecule has 1 N–H and O–H groups in total. The first-order valence-corrected chi connectivity index (χ1v) is 11.6. The summed E-state index contributed by atoms with van der Waals surface area (Å²) < 4.78 is 61.5. The smallest absolute Gasteiger partial charge is 0.325 e. The zero-order chi connectivity index (χ0) is 24.7. The van der Waals surface area contributed by atoms with Gasteiger partial charge in [0.05, 0.1) is 10.6 Å². The van der Waals surface area contributed by atoms with Crippen LogP contribution >= 0.6 is 0 Å². The highest BCUT2D eigenvalue weighted by molar-refractivity contribution is 7.92. The number of hydrogen-bond donors (Lipinski definition) is 1. The number of alkyl halides is 3. The number of imide groups is 1. The molecule has 2 unspecified atom stereocenters. The van der Waals surface area contributed by atoms with Crippen molar-refractivity contribution >= 4 is 27.5 Å². The molecule has 34 heavy (non-hydrogen) atoms. The summed E-state index contributed by atoms with van der Waals surface area (Å²) in [4.78, 5) is 29.7. The second-order valence-corrected chi connectivity index (χ2v) is 9.60. The number of nitrogens with zero attached hydrogens (tertiary/aromatic N) is 2. The predicted octanol–water partition coefficient (Wildman–Crippen LogP) is 4.27. The van der Waals surface area contributed by atoms with E-state index < -0.39 is 44.1 Å². The molecule has 1 aliphatic heterocycles. The van der Waals surface area contributed by atoms with E-state index in [0.29, 0.717) is 12.1 Å². The van der Waals surface area contributed by atoms with E-state index in [1.807, 2.05) is 30.3 Å². The molecule has 4 rings (SSSR count). The van der Waals surface area contributed by atoms with Gasteiger partial charge in [0.25, 0.3) is 15.7 Å². The molecule has 1 aliphatic rings. The molecule has 0 radical (unpaired) electrons. The first-order valence-electron chi connectivity index (χ1n) is 10.1. The number of urea groups is 1. The van der Waals surface area contributed by atoms with Crippen molar-refractivity contribution in [2.24, 2.45) is 0 Å². The summed E-state index contributed by atoms with van der Waals surface area (Å²) >= 11 is 0. The summed E-state index contributed by atoms with van der Waals surface area (Å²) in [5.41, 5.74) is -3.06. The minimum absolute atomic E-state index is 0.0451. The number of benzene rings is 2. The number of anilines is 1. The van der Waals surface area contributed by atoms with Gasteiger partial charge in [-0.25, -0.2) is 18.1 Å². The number of sulfone groups is 1. The number of amides is 3. The molecule has 2 atom stereocenters. The van der Waals surface area contributed by atoms with Gasteiger partial charge < -0.3 is 5.32 Å². The van der Waals surface area contributed by atoms with Crippen LogP contribution in [0.1, 0.15) is 18.4 Å². The van der Waals surface area contributed by atoms with Crippen LogP contribution in [0.2, 0.25) is 0 Å². The van der Waals surface area contributed by atoms with Crippen molar-refractivity contribution in [1.29, 1.82) is 0 Å². The summed E-state index contributed by atoms with van der Waals surface area (Å²) in [7, 11) is -5.55. The second-order valence-electron chi connectivity index (χ2n) is 7.66. The lowest BCUT2D eigenvalue weighted by molar-refractivity contribution is -0.118. The fourth-order valence-corrected chi connectivity index (χ4v) is 4.59. The number of halogens is 3. The Bertz CT molecular complexity index is 1340. The molecule has 0 aliphatic carbocycles. The largest absolute Gasteiger partial charge is 0.501 e. The fraction of sp³-hybridized carbons (Fsp3) is 0.174. The van der Waals surface area contributed by atoms with Crippen molar-refractivity contribution in [3.63, 3.8) is 0 Å². The molecule has 1 aromatic heterocycles. The maximum atomic E-state index is 13.1.